The van der Waals surface area contributed by atoms with E-state index in [9.17, 15) is 14.9 Å². The minimum Gasteiger partial charge on any atom is -0.396 e. The molecular weight excluding hydrogens is 286 g/mol. The summed E-state index contributed by atoms with van der Waals surface area (Å²) in [6, 6.07) is 5.75. The lowest BCUT2D eigenvalue weighted by Crippen LogP contribution is -2.46. The fourth-order valence-corrected chi connectivity index (χ4v) is 2.66. The lowest BCUT2D eigenvalue weighted by atomic mass is 9.97. The molecule has 2 rings (SSSR count). The van der Waals surface area contributed by atoms with Crippen LogP contribution in [0.3, 0.4) is 0 Å². The van der Waals surface area contributed by atoms with Crippen LogP contribution in [-0.2, 0) is 4.79 Å². The summed E-state index contributed by atoms with van der Waals surface area (Å²) in [5, 5.41) is 22.7. The number of likely N-dealkylation sites (tertiary alicyclic amines) is 1. The average molecular weight is 307 g/mol. The van der Waals surface area contributed by atoms with Crippen molar-refractivity contribution in [1.29, 1.82) is 0 Å². The molecule has 1 heterocycles. The molecule has 0 aromatic heterocycles. The first-order chi connectivity index (χ1) is 10.5. The van der Waals surface area contributed by atoms with Gasteiger partial charge in [-0.2, -0.15) is 0 Å². The summed E-state index contributed by atoms with van der Waals surface area (Å²) in [6.45, 7) is 3.47. The zero-order valence-electron chi connectivity index (χ0n) is 12.6. The first-order valence-corrected chi connectivity index (χ1v) is 7.42. The van der Waals surface area contributed by atoms with E-state index < -0.39 is 4.92 Å². The maximum atomic E-state index is 12.3. The monoisotopic (exact) mass is 307 g/mol. The van der Waals surface area contributed by atoms with Gasteiger partial charge in [0.2, 0.25) is 5.91 Å². The molecule has 1 aliphatic heterocycles. The third kappa shape index (κ3) is 3.80. The van der Waals surface area contributed by atoms with E-state index in [4.69, 9.17) is 5.11 Å². The number of aliphatic hydroxyl groups excluding tert-OH is 1. The second-order valence-electron chi connectivity index (χ2n) is 5.60. The van der Waals surface area contributed by atoms with Crippen molar-refractivity contribution in [3.8, 4) is 0 Å². The Hall–Kier alpha value is -1.99. The van der Waals surface area contributed by atoms with E-state index in [-0.39, 0.29) is 29.9 Å². The molecule has 1 unspecified atom stereocenters. The number of nitro groups is 1. The fourth-order valence-electron chi connectivity index (χ4n) is 2.66. The Labute approximate surface area is 129 Å². The summed E-state index contributed by atoms with van der Waals surface area (Å²) in [6.07, 6.45) is 1.72. The van der Waals surface area contributed by atoms with Crippen LogP contribution in [0, 0.1) is 16.0 Å². The van der Waals surface area contributed by atoms with Crippen molar-refractivity contribution in [3.05, 3.63) is 34.4 Å². The van der Waals surface area contributed by atoms with Crippen LogP contribution in [0.2, 0.25) is 0 Å². The summed E-state index contributed by atoms with van der Waals surface area (Å²) in [5.41, 5.74) is 0.108. The van der Waals surface area contributed by atoms with Crippen LogP contribution >= 0.6 is 0 Å². The van der Waals surface area contributed by atoms with Gasteiger partial charge in [0.05, 0.1) is 11.0 Å². The number of hydrogen-bond acceptors (Lipinski definition) is 5. The van der Waals surface area contributed by atoms with Crippen LogP contribution in [0.4, 0.5) is 11.4 Å². The van der Waals surface area contributed by atoms with E-state index in [1.54, 1.807) is 19.1 Å². The molecule has 2 N–H and O–H groups in total. The maximum Gasteiger partial charge on any atom is 0.292 e. The first kappa shape index (κ1) is 16.4. The van der Waals surface area contributed by atoms with Gasteiger partial charge < -0.3 is 10.4 Å². The van der Waals surface area contributed by atoms with Gasteiger partial charge in [0.15, 0.2) is 0 Å². The number of aliphatic hydroxyl groups is 1. The topological polar surface area (TPSA) is 95.7 Å². The molecule has 0 saturated carbocycles. The van der Waals surface area contributed by atoms with E-state index >= 15 is 0 Å². The predicted molar refractivity (Wildman–Crippen MR) is 82.6 cm³/mol. The Bertz CT molecular complexity index is 541. The molecule has 1 aliphatic rings. The molecule has 1 amide bonds. The molecule has 1 saturated heterocycles. The molecule has 1 atom stereocenters. The number of nitrogens with one attached hydrogen (secondary N) is 1. The zero-order chi connectivity index (χ0) is 16.1. The molecule has 120 valence electrons. The summed E-state index contributed by atoms with van der Waals surface area (Å²) in [4.78, 5) is 24.8. The lowest BCUT2D eigenvalue weighted by Gasteiger charge is -2.34. The number of benzene rings is 1. The molecule has 1 aromatic carbocycles. The fraction of sp³-hybridized carbons (Fsp3) is 0.533. The average Bonchev–Trinajstić information content (AvgIpc) is 2.54. The quantitative estimate of drug-likeness (QED) is 0.636. The first-order valence-electron chi connectivity index (χ1n) is 7.42. The van der Waals surface area contributed by atoms with Crippen molar-refractivity contribution in [2.45, 2.75) is 25.8 Å². The smallest absolute Gasteiger partial charge is 0.292 e. The number of rotatable bonds is 5. The van der Waals surface area contributed by atoms with E-state index in [1.807, 2.05) is 4.90 Å². The molecule has 22 heavy (non-hydrogen) atoms. The molecule has 0 radical (unpaired) electrons. The Morgan fingerprint density at radius 2 is 2.09 bits per heavy atom. The van der Waals surface area contributed by atoms with Gasteiger partial charge in [0.25, 0.3) is 5.69 Å². The third-order valence-corrected chi connectivity index (χ3v) is 4.19. The largest absolute Gasteiger partial charge is 0.396 e. The van der Waals surface area contributed by atoms with Gasteiger partial charge >= 0.3 is 0 Å². The number of nitrogens with zero attached hydrogens (tertiary/aromatic N) is 2. The third-order valence-electron chi connectivity index (χ3n) is 4.19. The SMILES string of the molecule is CC(C(=O)Nc1ccccc1[N+](=O)[O-])N1CCC(CO)CC1. The van der Waals surface area contributed by atoms with Gasteiger partial charge in [0.1, 0.15) is 5.69 Å². The second-order valence-corrected chi connectivity index (χ2v) is 5.60. The second kappa shape index (κ2) is 7.33. The van der Waals surface area contributed by atoms with Crippen LogP contribution in [0.1, 0.15) is 19.8 Å². The van der Waals surface area contributed by atoms with E-state index in [0.717, 1.165) is 25.9 Å². The minimum absolute atomic E-state index is 0.109. The van der Waals surface area contributed by atoms with Crippen LogP contribution in [0.15, 0.2) is 24.3 Å². The van der Waals surface area contributed by atoms with Crippen LogP contribution in [0.5, 0.6) is 0 Å². The molecule has 0 aliphatic carbocycles. The number of carbonyl (C=O) groups excluding carboxylic acids is 1. The number of amides is 1. The van der Waals surface area contributed by atoms with E-state index in [0.29, 0.717) is 5.92 Å². The number of carbonyl (C=O) groups is 1. The highest BCUT2D eigenvalue weighted by Gasteiger charge is 2.27. The summed E-state index contributed by atoms with van der Waals surface area (Å²) >= 11 is 0. The van der Waals surface area contributed by atoms with E-state index in [2.05, 4.69) is 5.32 Å². The molecule has 1 aromatic rings. The van der Waals surface area contributed by atoms with Crippen molar-refractivity contribution in [2.75, 3.05) is 25.0 Å². The summed E-state index contributed by atoms with van der Waals surface area (Å²) in [7, 11) is 0. The lowest BCUT2D eigenvalue weighted by molar-refractivity contribution is -0.383. The number of para-hydroxylation sites is 2. The van der Waals surface area contributed by atoms with Crippen molar-refractivity contribution >= 4 is 17.3 Å². The Morgan fingerprint density at radius 1 is 1.45 bits per heavy atom. The van der Waals surface area contributed by atoms with Gasteiger partial charge in [-0.05, 0) is 44.8 Å². The molecular formula is C15H21N3O4. The van der Waals surface area contributed by atoms with Crippen molar-refractivity contribution in [1.82, 2.24) is 4.90 Å². The summed E-state index contributed by atoms with van der Waals surface area (Å²) < 4.78 is 0. The zero-order valence-corrected chi connectivity index (χ0v) is 12.6. The Kier molecular flexibility index (Phi) is 5.46. The van der Waals surface area contributed by atoms with Crippen molar-refractivity contribution in [3.63, 3.8) is 0 Å². The predicted octanol–water partition coefficient (Wildman–Crippen LogP) is 1.63. The molecule has 7 heteroatoms. The molecule has 7 nitrogen and oxygen atoms in total. The number of hydrogen-bond donors (Lipinski definition) is 2. The van der Waals surface area contributed by atoms with Gasteiger partial charge in [-0.1, -0.05) is 12.1 Å². The Balaban J connectivity index is 1.99. The van der Waals surface area contributed by atoms with Gasteiger partial charge in [-0.15, -0.1) is 0 Å². The standard InChI is InChI=1S/C15H21N3O4/c1-11(17-8-6-12(10-19)7-9-17)15(20)16-13-4-2-3-5-14(13)18(21)22/h2-5,11-12,19H,6-10H2,1H3,(H,16,20). The van der Waals surface area contributed by atoms with Crippen molar-refractivity contribution in [2.24, 2.45) is 5.92 Å². The number of anilines is 1. The van der Waals surface area contributed by atoms with Gasteiger partial charge in [0, 0.05) is 12.7 Å². The molecule has 0 bridgehead atoms. The van der Waals surface area contributed by atoms with E-state index in [1.165, 1.54) is 12.1 Å². The maximum absolute atomic E-state index is 12.3. The van der Waals surface area contributed by atoms with Crippen LogP contribution in [-0.4, -0.2) is 46.6 Å². The highest BCUT2D eigenvalue weighted by Crippen LogP contribution is 2.24. The van der Waals surface area contributed by atoms with Crippen LogP contribution in [0.25, 0.3) is 0 Å². The van der Waals surface area contributed by atoms with Crippen LogP contribution < -0.4 is 5.32 Å². The Morgan fingerprint density at radius 3 is 2.68 bits per heavy atom. The highest BCUT2D eigenvalue weighted by molar-refractivity contribution is 5.96. The van der Waals surface area contributed by atoms with Gasteiger partial charge in [-0.3, -0.25) is 19.8 Å². The number of nitro benzene ring substituents is 1. The minimum atomic E-state index is -0.507. The molecule has 1 fully saturated rings. The van der Waals surface area contributed by atoms with Gasteiger partial charge in [-0.25, -0.2) is 0 Å². The summed E-state index contributed by atoms with van der Waals surface area (Å²) in [5.74, 6) is 0.0541. The number of piperidine rings is 1. The van der Waals surface area contributed by atoms with Crippen molar-refractivity contribution < 1.29 is 14.8 Å². The normalized spacial score (nSPS) is 17.9. The molecule has 0 spiro atoms. The highest BCUT2D eigenvalue weighted by atomic mass is 16.6.